The number of aryl methyl sites for hydroxylation is 1. The minimum absolute atomic E-state index is 0.0441. The standard InChI is InChI=1S/C19H22N4OS/c1-25-14-12-16(19-22-21-17-9-5-6-13-23(17)19)20-18(24)11-10-15-7-3-2-4-8-15/h2-9,13,16H,10-12,14H2,1H3,(H,20,24). The molecule has 1 unspecified atom stereocenters. The molecule has 1 N–H and O–H groups in total. The lowest BCUT2D eigenvalue weighted by Gasteiger charge is -2.17. The van der Waals surface area contributed by atoms with Crippen molar-refractivity contribution in [3.63, 3.8) is 0 Å². The average Bonchev–Trinajstić information content (AvgIpc) is 3.08. The van der Waals surface area contributed by atoms with Gasteiger partial charge in [0.25, 0.3) is 0 Å². The van der Waals surface area contributed by atoms with Crippen LogP contribution < -0.4 is 5.32 Å². The normalized spacial score (nSPS) is 12.2. The van der Waals surface area contributed by atoms with Gasteiger partial charge < -0.3 is 5.32 Å². The van der Waals surface area contributed by atoms with Crippen molar-refractivity contribution in [3.05, 3.63) is 66.1 Å². The lowest BCUT2D eigenvalue weighted by atomic mass is 10.1. The second-order valence-corrected chi connectivity index (χ2v) is 6.86. The van der Waals surface area contributed by atoms with Gasteiger partial charge in [0.2, 0.25) is 5.91 Å². The largest absolute Gasteiger partial charge is 0.346 e. The van der Waals surface area contributed by atoms with E-state index in [-0.39, 0.29) is 11.9 Å². The molecular formula is C19H22N4OS. The highest BCUT2D eigenvalue weighted by Gasteiger charge is 2.19. The van der Waals surface area contributed by atoms with Gasteiger partial charge in [-0.15, -0.1) is 10.2 Å². The number of fused-ring (bicyclic) bond motifs is 1. The maximum Gasteiger partial charge on any atom is 0.220 e. The van der Waals surface area contributed by atoms with Crippen LogP contribution in [0, 0.1) is 0 Å². The van der Waals surface area contributed by atoms with E-state index in [1.54, 1.807) is 11.8 Å². The number of carbonyl (C=O) groups is 1. The topological polar surface area (TPSA) is 59.3 Å². The van der Waals surface area contributed by atoms with E-state index in [0.717, 1.165) is 30.1 Å². The van der Waals surface area contributed by atoms with Crippen LogP contribution in [0.3, 0.4) is 0 Å². The molecule has 2 aromatic heterocycles. The van der Waals surface area contributed by atoms with Gasteiger partial charge in [-0.1, -0.05) is 36.4 Å². The molecular weight excluding hydrogens is 332 g/mol. The number of nitrogens with one attached hydrogen (secondary N) is 1. The number of thioether (sulfide) groups is 1. The summed E-state index contributed by atoms with van der Waals surface area (Å²) in [5.74, 6) is 1.78. The molecule has 1 amide bonds. The highest BCUT2D eigenvalue weighted by Crippen LogP contribution is 2.18. The zero-order valence-electron chi connectivity index (χ0n) is 14.3. The number of hydrogen-bond donors (Lipinski definition) is 1. The Hall–Kier alpha value is -2.34. The number of amides is 1. The molecule has 0 aliphatic heterocycles. The summed E-state index contributed by atoms with van der Waals surface area (Å²) >= 11 is 1.76. The van der Waals surface area contributed by atoms with Gasteiger partial charge >= 0.3 is 0 Å². The highest BCUT2D eigenvalue weighted by molar-refractivity contribution is 7.98. The summed E-state index contributed by atoms with van der Waals surface area (Å²) in [6.07, 6.45) is 6.04. The molecule has 3 aromatic rings. The van der Waals surface area contributed by atoms with E-state index >= 15 is 0 Å². The van der Waals surface area contributed by atoms with Gasteiger partial charge in [-0.25, -0.2) is 0 Å². The minimum Gasteiger partial charge on any atom is -0.346 e. The van der Waals surface area contributed by atoms with Crippen molar-refractivity contribution < 1.29 is 4.79 Å². The SMILES string of the molecule is CSCCC(NC(=O)CCc1ccccc1)c1nnc2ccccn12. The van der Waals surface area contributed by atoms with Crippen molar-refractivity contribution >= 4 is 23.3 Å². The van der Waals surface area contributed by atoms with Gasteiger partial charge in [0.1, 0.15) is 0 Å². The molecule has 5 nitrogen and oxygen atoms in total. The number of pyridine rings is 1. The van der Waals surface area contributed by atoms with Crippen molar-refractivity contribution in [2.24, 2.45) is 0 Å². The van der Waals surface area contributed by atoms with E-state index in [1.165, 1.54) is 5.56 Å². The summed E-state index contributed by atoms with van der Waals surface area (Å²) in [6.45, 7) is 0. The van der Waals surface area contributed by atoms with Gasteiger partial charge in [-0.2, -0.15) is 11.8 Å². The zero-order chi connectivity index (χ0) is 17.5. The Kier molecular flexibility index (Phi) is 6.06. The summed E-state index contributed by atoms with van der Waals surface area (Å²) < 4.78 is 1.95. The van der Waals surface area contributed by atoms with E-state index in [1.807, 2.05) is 59.1 Å². The summed E-state index contributed by atoms with van der Waals surface area (Å²) in [7, 11) is 0. The highest BCUT2D eigenvalue weighted by atomic mass is 32.2. The summed E-state index contributed by atoms with van der Waals surface area (Å²) in [4.78, 5) is 12.4. The third kappa shape index (κ3) is 4.60. The Bertz CT molecular complexity index is 818. The molecule has 0 aliphatic carbocycles. The number of benzene rings is 1. The number of nitrogens with zero attached hydrogens (tertiary/aromatic N) is 3. The van der Waals surface area contributed by atoms with Crippen LogP contribution in [0.2, 0.25) is 0 Å². The van der Waals surface area contributed by atoms with Gasteiger partial charge in [0, 0.05) is 12.6 Å². The summed E-state index contributed by atoms with van der Waals surface area (Å²) in [5, 5.41) is 11.7. The predicted octanol–water partition coefficient (Wildman–Crippen LogP) is 3.27. The number of rotatable bonds is 8. The molecule has 25 heavy (non-hydrogen) atoms. The molecule has 130 valence electrons. The van der Waals surface area contributed by atoms with Crippen LogP contribution in [-0.2, 0) is 11.2 Å². The van der Waals surface area contributed by atoms with E-state index in [9.17, 15) is 4.79 Å². The summed E-state index contributed by atoms with van der Waals surface area (Å²) in [6, 6.07) is 15.7. The Morgan fingerprint density at radius 2 is 1.96 bits per heavy atom. The third-order valence-electron chi connectivity index (χ3n) is 4.08. The first kappa shape index (κ1) is 17.5. The molecule has 1 atom stereocenters. The van der Waals surface area contributed by atoms with E-state index in [2.05, 4.69) is 21.8 Å². The molecule has 0 saturated carbocycles. The first-order chi connectivity index (χ1) is 12.3. The van der Waals surface area contributed by atoms with Crippen molar-refractivity contribution in [2.75, 3.05) is 12.0 Å². The predicted molar refractivity (Wildman–Crippen MR) is 102 cm³/mol. The van der Waals surface area contributed by atoms with Crippen LogP contribution in [0.1, 0.15) is 30.3 Å². The molecule has 2 heterocycles. The van der Waals surface area contributed by atoms with E-state index in [0.29, 0.717) is 6.42 Å². The fourth-order valence-electron chi connectivity index (χ4n) is 2.77. The molecule has 3 rings (SSSR count). The molecule has 0 aliphatic rings. The second kappa shape index (κ2) is 8.67. The fraction of sp³-hybridized carbons (Fsp3) is 0.316. The van der Waals surface area contributed by atoms with Crippen LogP contribution in [0.25, 0.3) is 5.65 Å². The Labute approximate surface area is 151 Å². The monoisotopic (exact) mass is 354 g/mol. The first-order valence-corrected chi connectivity index (χ1v) is 9.79. The third-order valence-corrected chi connectivity index (χ3v) is 4.73. The lowest BCUT2D eigenvalue weighted by Crippen LogP contribution is -2.30. The number of hydrogen-bond acceptors (Lipinski definition) is 4. The van der Waals surface area contributed by atoms with Crippen molar-refractivity contribution in [3.8, 4) is 0 Å². The van der Waals surface area contributed by atoms with Gasteiger partial charge in [-0.3, -0.25) is 9.20 Å². The molecule has 0 fully saturated rings. The maximum atomic E-state index is 12.4. The van der Waals surface area contributed by atoms with Crippen LogP contribution in [-0.4, -0.2) is 32.5 Å². The Balaban J connectivity index is 1.69. The Morgan fingerprint density at radius 1 is 1.16 bits per heavy atom. The number of aromatic nitrogens is 3. The van der Waals surface area contributed by atoms with Crippen LogP contribution in [0.4, 0.5) is 0 Å². The number of carbonyl (C=O) groups excluding carboxylic acids is 1. The quantitative estimate of drug-likeness (QED) is 0.674. The first-order valence-electron chi connectivity index (χ1n) is 8.40. The van der Waals surface area contributed by atoms with Gasteiger partial charge in [-0.05, 0) is 42.5 Å². The maximum absolute atomic E-state index is 12.4. The second-order valence-electron chi connectivity index (χ2n) is 5.87. The van der Waals surface area contributed by atoms with Crippen molar-refractivity contribution in [1.82, 2.24) is 19.9 Å². The lowest BCUT2D eigenvalue weighted by molar-refractivity contribution is -0.121. The van der Waals surface area contributed by atoms with Crippen LogP contribution >= 0.6 is 11.8 Å². The van der Waals surface area contributed by atoms with Crippen LogP contribution in [0.15, 0.2) is 54.7 Å². The molecule has 6 heteroatoms. The van der Waals surface area contributed by atoms with E-state index < -0.39 is 0 Å². The van der Waals surface area contributed by atoms with Gasteiger partial charge in [0.05, 0.1) is 6.04 Å². The smallest absolute Gasteiger partial charge is 0.220 e. The molecule has 0 bridgehead atoms. The fourth-order valence-corrected chi connectivity index (χ4v) is 3.24. The minimum atomic E-state index is -0.131. The molecule has 1 aromatic carbocycles. The van der Waals surface area contributed by atoms with Gasteiger partial charge in [0.15, 0.2) is 11.5 Å². The van der Waals surface area contributed by atoms with E-state index in [4.69, 9.17) is 0 Å². The molecule has 0 saturated heterocycles. The van der Waals surface area contributed by atoms with Crippen molar-refractivity contribution in [1.29, 1.82) is 0 Å². The molecule has 0 spiro atoms. The van der Waals surface area contributed by atoms with Crippen LogP contribution in [0.5, 0.6) is 0 Å². The Morgan fingerprint density at radius 3 is 2.76 bits per heavy atom. The van der Waals surface area contributed by atoms with Crippen molar-refractivity contribution in [2.45, 2.75) is 25.3 Å². The zero-order valence-corrected chi connectivity index (χ0v) is 15.1. The molecule has 0 radical (unpaired) electrons. The average molecular weight is 354 g/mol. The summed E-state index contributed by atoms with van der Waals surface area (Å²) in [5.41, 5.74) is 1.97.